The molecule has 1 aromatic heterocycles. The van der Waals surface area contributed by atoms with Crippen molar-refractivity contribution < 1.29 is 9.21 Å². The highest BCUT2D eigenvalue weighted by Crippen LogP contribution is 2.32. The molecule has 0 radical (unpaired) electrons. The van der Waals surface area contributed by atoms with Crippen molar-refractivity contribution in [2.45, 2.75) is 64.2 Å². The first-order valence-corrected chi connectivity index (χ1v) is 8.84. The number of hydrogen-bond acceptors (Lipinski definition) is 4. The molecule has 5 heteroatoms. The molecule has 0 saturated heterocycles. The molecule has 2 aromatic rings. The van der Waals surface area contributed by atoms with Crippen LogP contribution in [0.25, 0.3) is 0 Å². The second kappa shape index (κ2) is 7.60. The van der Waals surface area contributed by atoms with E-state index in [1.165, 1.54) is 24.8 Å². The molecule has 0 unspecified atom stereocenters. The predicted octanol–water partition coefficient (Wildman–Crippen LogP) is 4.42. The molecular formula is C19H25N3O2. The van der Waals surface area contributed by atoms with Crippen LogP contribution in [0.5, 0.6) is 0 Å². The van der Waals surface area contributed by atoms with Gasteiger partial charge in [0.15, 0.2) is 0 Å². The van der Waals surface area contributed by atoms with Gasteiger partial charge in [-0.15, -0.1) is 5.10 Å². The summed E-state index contributed by atoms with van der Waals surface area (Å²) in [6.45, 7) is 4.31. The molecule has 1 aliphatic carbocycles. The average Bonchev–Trinajstić information content (AvgIpc) is 3.04. The van der Waals surface area contributed by atoms with Gasteiger partial charge in [0.25, 0.3) is 0 Å². The predicted molar refractivity (Wildman–Crippen MR) is 93.0 cm³/mol. The topological polar surface area (TPSA) is 68.0 Å². The molecule has 1 saturated carbocycles. The van der Waals surface area contributed by atoms with Gasteiger partial charge < -0.3 is 4.42 Å². The van der Waals surface area contributed by atoms with Crippen molar-refractivity contribution in [2.75, 3.05) is 5.32 Å². The van der Waals surface area contributed by atoms with E-state index >= 15 is 0 Å². The van der Waals surface area contributed by atoms with E-state index < -0.39 is 0 Å². The molecule has 1 fully saturated rings. The van der Waals surface area contributed by atoms with E-state index in [1.807, 2.05) is 12.1 Å². The Balaban J connectivity index is 1.55. The van der Waals surface area contributed by atoms with Gasteiger partial charge in [-0.1, -0.05) is 62.5 Å². The Bertz CT molecular complexity index is 670. The summed E-state index contributed by atoms with van der Waals surface area (Å²) in [6.07, 6.45) is 6.20. The Kier molecular flexibility index (Phi) is 5.28. The quantitative estimate of drug-likeness (QED) is 0.882. The highest BCUT2D eigenvalue weighted by molar-refractivity contribution is 5.90. The summed E-state index contributed by atoms with van der Waals surface area (Å²) in [5.41, 5.74) is 2.25. The van der Waals surface area contributed by atoms with Crippen LogP contribution in [0.2, 0.25) is 0 Å². The highest BCUT2D eigenvalue weighted by Gasteiger charge is 2.21. The van der Waals surface area contributed by atoms with Crippen LogP contribution in [0.3, 0.4) is 0 Å². The van der Waals surface area contributed by atoms with Crippen LogP contribution in [0.15, 0.2) is 28.7 Å². The number of hydrogen-bond donors (Lipinski definition) is 1. The summed E-state index contributed by atoms with van der Waals surface area (Å²) in [7, 11) is 0. The zero-order valence-electron chi connectivity index (χ0n) is 14.4. The monoisotopic (exact) mass is 327 g/mol. The van der Waals surface area contributed by atoms with Crippen LogP contribution < -0.4 is 5.32 Å². The molecule has 0 aliphatic heterocycles. The lowest BCUT2D eigenvalue weighted by atomic mass is 9.89. The van der Waals surface area contributed by atoms with Crippen molar-refractivity contribution in [1.82, 2.24) is 10.2 Å². The van der Waals surface area contributed by atoms with E-state index in [0.717, 1.165) is 18.4 Å². The van der Waals surface area contributed by atoms with E-state index in [2.05, 4.69) is 41.5 Å². The molecule has 1 aromatic carbocycles. The highest BCUT2D eigenvalue weighted by atomic mass is 16.4. The fourth-order valence-electron chi connectivity index (χ4n) is 3.17. The number of nitrogens with one attached hydrogen (secondary N) is 1. The summed E-state index contributed by atoms with van der Waals surface area (Å²) < 4.78 is 5.63. The number of rotatable bonds is 5. The molecule has 0 bridgehead atoms. The lowest BCUT2D eigenvalue weighted by molar-refractivity contribution is -0.115. The van der Waals surface area contributed by atoms with Crippen LogP contribution in [0, 0.1) is 0 Å². The number of carbonyl (C=O) groups excluding carboxylic acids is 1. The maximum absolute atomic E-state index is 12.1. The first-order chi connectivity index (χ1) is 11.6. The van der Waals surface area contributed by atoms with Crippen molar-refractivity contribution in [3.8, 4) is 0 Å². The summed E-state index contributed by atoms with van der Waals surface area (Å²) in [4.78, 5) is 12.1. The molecule has 5 nitrogen and oxygen atoms in total. The normalized spacial score (nSPS) is 15.6. The smallest absolute Gasteiger partial charge is 0.322 e. The van der Waals surface area contributed by atoms with E-state index in [4.69, 9.17) is 4.42 Å². The van der Waals surface area contributed by atoms with E-state index in [-0.39, 0.29) is 11.9 Å². The number of benzene rings is 1. The van der Waals surface area contributed by atoms with E-state index in [0.29, 0.717) is 24.1 Å². The van der Waals surface area contributed by atoms with Gasteiger partial charge in [0.1, 0.15) is 0 Å². The molecule has 24 heavy (non-hydrogen) atoms. The molecule has 0 spiro atoms. The van der Waals surface area contributed by atoms with E-state index in [1.54, 1.807) is 0 Å². The maximum Gasteiger partial charge on any atom is 0.322 e. The third kappa shape index (κ3) is 4.22. The molecule has 0 atom stereocenters. The van der Waals surface area contributed by atoms with Gasteiger partial charge in [-0.25, -0.2) is 0 Å². The molecule has 1 aliphatic rings. The van der Waals surface area contributed by atoms with Crippen LogP contribution in [-0.4, -0.2) is 16.1 Å². The molecule has 1 N–H and O–H groups in total. The summed E-state index contributed by atoms with van der Waals surface area (Å²) >= 11 is 0. The largest absolute Gasteiger partial charge is 0.408 e. The minimum atomic E-state index is -0.133. The van der Waals surface area contributed by atoms with Gasteiger partial charge in [-0.2, -0.15) is 0 Å². The molecular weight excluding hydrogens is 302 g/mol. The number of amides is 1. The second-order valence-corrected chi connectivity index (χ2v) is 6.90. The number of nitrogens with zero attached hydrogens (tertiary/aromatic N) is 2. The van der Waals surface area contributed by atoms with Crippen LogP contribution >= 0.6 is 0 Å². The van der Waals surface area contributed by atoms with Gasteiger partial charge in [-0.3, -0.25) is 10.1 Å². The first kappa shape index (κ1) is 16.7. The minimum Gasteiger partial charge on any atom is -0.408 e. The number of carbonyl (C=O) groups is 1. The van der Waals surface area contributed by atoms with E-state index in [9.17, 15) is 4.79 Å². The van der Waals surface area contributed by atoms with Crippen LogP contribution in [0.1, 0.15) is 74.8 Å². The third-order valence-corrected chi connectivity index (χ3v) is 4.65. The lowest BCUT2D eigenvalue weighted by Gasteiger charge is -2.17. The Morgan fingerprint density at radius 1 is 1.17 bits per heavy atom. The maximum atomic E-state index is 12.1. The summed E-state index contributed by atoms with van der Waals surface area (Å²) in [5, 5.41) is 10.8. The van der Waals surface area contributed by atoms with Gasteiger partial charge >= 0.3 is 6.01 Å². The number of anilines is 1. The Morgan fingerprint density at radius 3 is 2.54 bits per heavy atom. The van der Waals surface area contributed by atoms with Crippen LogP contribution in [-0.2, 0) is 11.2 Å². The third-order valence-electron chi connectivity index (χ3n) is 4.65. The van der Waals surface area contributed by atoms with Crippen molar-refractivity contribution >= 4 is 11.9 Å². The lowest BCUT2D eigenvalue weighted by Crippen LogP contribution is -2.14. The van der Waals surface area contributed by atoms with Gasteiger partial charge in [0.2, 0.25) is 11.8 Å². The standard InChI is InChI=1S/C19H25N3O2/c1-13(2)15-10-8-14(9-11-15)12-17(23)20-19-22-21-18(24-19)16-6-4-3-5-7-16/h8-11,13,16H,3-7,12H2,1-2H3,(H,20,22,23). The minimum absolute atomic E-state index is 0.133. The number of aromatic nitrogens is 2. The van der Waals surface area contributed by atoms with Crippen LogP contribution in [0.4, 0.5) is 6.01 Å². The Hall–Kier alpha value is -2.17. The zero-order chi connectivity index (χ0) is 16.9. The Morgan fingerprint density at radius 2 is 1.88 bits per heavy atom. The van der Waals surface area contributed by atoms with Crippen molar-refractivity contribution in [3.63, 3.8) is 0 Å². The molecule has 1 heterocycles. The summed E-state index contributed by atoms with van der Waals surface area (Å²) in [6, 6.07) is 8.34. The van der Waals surface area contributed by atoms with Gasteiger partial charge in [-0.05, 0) is 29.9 Å². The SMILES string of the molecule is CC(C)c1ccc(CC(=O)Nc2nnc(C3CCCCC3)o2)cc1. The zero-order valence-corrected chi connectivity index (χ0v) is 14.4. The molecule has 1 amide bonds. The average molecular weight is 327 g/mol. The molecule has 3 rings (SSSR count). The van der Waals surface area contributed by atoms with Gasteiger partial charge in [0, 0.05) is 5.92 Å². The Labute approximate surface area is 142 Å². The fourth-order valence-corrected chi connectivity index (χ4v) is 3.17. The summed E-state index contributed by atoms with van der Waals surface area (Å²) in [5.74, 6) is 1.36. The van der Waals surface area contributed by atoms with Gasteiger partial charge in [0.05, 0.1) is 6.42 Å². The fraction of sp³-hybridized carbons (Fsp3) is 0.526. The van der Waals surface area contributed by atoms with Crippen molar-refractivity contribution in [3.05, 3.63) is 41.3 Å². The van der Waals surface area contributed by atoms with Crippen molar-refractivity contribution in [2.24, 2.45) is 0 Å². The van der Waals surface area contributed by atoms with Crippen molar-refractivity contribution in [1.29, 1.82) is 0 Å². The second-order valence-electron chi connectivity index (χ2n) is 6.90. The molecule has 128 valence electrons. The first-order valence-electron chi connectivity index (χ1n) is 8.84.